The molecule has 1 aromatic heterocycles. The van der Waals surface area contributed by atoms with E-state index in [0.717, 1.165) is 10.7 Å². The second-order valence-electron chi connectivity index (χ2n) is 4.59. The van der Waals surface area contributed by atoms with E-state index in [1.165, 1.54) is 0 Å². The number of aromatic nitrogens is 1. The predicted octanol–water partition coefficient (Wildman–Crippen LogP) is 1.63. The van der Waals surface area contributed by atoms with Gasteiger partial charge in [-0.15, -0.1) is 11.3 Å². The van der Waals surface area contributed by atoms with Crippen molar-refractivity contribution in [2.75, 3.05) is 13.1 Å². The first-order valence-electron chi connectivity index (χ1n) is 5.89. The summed E-state index contributed by atoms with van der Waals surface area (Å²) < 4.78 is 5.61. The first kappa shape index (κ1) is 12.5. The van der Waals surface area contributed by atoms with E-state index in [1.807, 2.05) is 31.1 Å². The number of amides is 1. The normalized spacial score (nSPS) is 25.0. The molecule has 2 heterocycles. The molecule has 0 radical (unpaired) electrons. The number of thiazole rings is 1. The van der Waals surface area contributed by atoms with E-state index in [1.54, 1.807) is 11.3 Å². The fraction of sp³-hybridized carbons (Fsp3) is 0.667. The highest BCUT2D eigenvalue weighted by atomic mass is 32.1. The summed E-state index contributed by atoms with van der Waals surface area (Å²) in [6, 6.07) is 0. The van der Waals surface area contributed by atoms with E-state index in [9.17, 15) is 4.79 Å². The lowest BCUT2D eigenvalue weighted by molar-refractivity contribution is -0.142. The monoisotopic (exact) mass is 254 g/mol. The zero-order valence-corrected chi connectivity index (χ0v) is 11.3. The van der Waals surface area contributed by atoms with Gasteiger partial charge in [-0.05, 0) is 20.8 Å². The van der Waals surface area contributed by atoms with Crippen molar-refractivity contribution >= 4 is 17.2 Å². The molecule has 17 heavy (non-hydrogen) atoms. The van der Waals surface area contributed by atoms with Crippen LogP contribution in [-0.4, -0.2) is 41.1 Å². The van der Waals surface area contributed by atoms with E-state index in [4.69, 9.17) is 4.74 Å². The van der Waals surface area contributed by atoms with Crippen molar-refractivity contribution in [1.29, 1.82) is 0 Å². The van der Waals surface area contributed by atoms with Gasteiger partial charge in [0.1, 0.15) is 0 Å². The lowest BCUT2D eigenvalue weighted by Crippen LogP contribution is -2.48. The highest BCUT2D eigenvalue weighted by Crippen LogP contribution is 2.14. The average Bonchev–Trinajstić information content (AvgIpc) is 2.62. The quantitative estimate of drug-likeness (QED) is 0.805. The van der Waals surface area contributed by atoms with Crippen LogP contribution in [0.2, 0.25) is 0 Å². The maximum absolute atomic E-state index is 12.1. The molecule has 0 spiro atoms. The standard InChI is InChI=1S/C12H18N2O2S/c1-8-5-14(6-9(2)16-8)12(15)4-11-7-17-10(3)13-11/h7-9H,4-6H2,1-3H3. The first-order chi connectivity index (χ1) is 8.04. The van der Waals surface area contributed by atoms with E-state index < -0.39 is 0 Å². The van der Waals surface area contributed by atoms with Crippen molar-refractivity contribution in [2.24, 2.45) is 0 Å². The second-order valence-corrected chi connectivity index (χ2v) is 5.65. The van der Waals surface area contributed by atoms with Crippen molar-refractivity contribution in [3.8, 4) is 0 Å². The summed E-state index contributed by atoms with van der Waals surface area (Å²) >= 11 is 1.59. The Morgan fingerprint density at radius 3 is 2.71 bits per heavy atom. The maximum Gasteiger partial charge on any atom is 0.228 e. The number of hydrogen-bond donors (Lipinski definition) is 0. The number of morpholine rings is 1. The van der Waals surface area contributed by atoms with E-state index in [2.05, 4.69) is 4.98 Å². The van der Waals surface area contributed by atoms with Crippen molar-refractivity contribution in [3.05, 3.63) is 16.1 Å². The van der Waals surface area contributed by atoms with Crippen molar-refractivity contribution in [3.63, 3.8) is 0 Å². The topological polar surface area (TPSA) is 42.4 Å². The molecule has 94 valence electrons. The lowest BCUT2D eigenvalue weighted by atomic mass is 10.2. The zero-order valence-electron chi connectivity index (χ0n) is 10.5. The molecule has 0 aromatic carbocycles. The van der Waals surface area contributed by atoms with Gasteiger partial charge in [-0.25, -0.2) is 4.98 Å². The summed E-state index contributed by atoms with van der Waals surface area (Å²) in [5.41, 5.74) is 0.879. The SMILES string of the molecule is Cc1nc(CC(=O)N2CC(C)OC(C)C2)cs1. The summed E-state index contributed by atoms with van der Waals surface area (Å²) in [6.45, 7) is 7.34. The third-order valence-corrected chi connectivity index (χ3v) is 3.59. The molecule has 4 nitrogen and oxygen atoms in total. The molecule has 0 aliphatic carbocycles. The molecule has 2 rings (SSSR count). The molecule has 0 N–H and O–H groups in total. The first-order valence-corrected chi connectivity index (χ1v) is 6.77. The Balaban J connectivity index is 1.95. The highest BCUT2D eigenvalue weighted by Gasteiger charge is 2.26. The Bertz CT molecular complexity index is 395. The molecule has 0 saturated carbocycles. The summed E-state index contributed by atoms with van der Waals surface area (Å²) in [7, 11) is 0. The predicted molar refractivity (Wildman–Crippen MR) is 67.1 cm³/mol. The van der Waals surface area contributed by atoms with E-state index in [-0.39, 0.29) is 18.1 Å². The molecule has 1 aliphatic heterocycles. The van der Waals surface area contributed by atoms with Crippen LogP contribution in [0.4, 0.5) is 0 Å². The van der Waals surface area contributed by atoms with Gasteiger partial charge in [-0.1, -0.05) is 0 Å². The molecule has 0 bridgehead atoms. The number of carbonyl (C=O) groups is 1. The van der Waals surface area contributed by atoms with E-state index in [0.29, 0.717) is 19.5 Å². The summed E-state index contributed by atoms with van der Waals surface area (Å²) in [5.74, 6) is 0.150. The third kappa shape index (κ3) is 3.26. The Morgan fingerprint density at radius 2 is 2.18 bits per heavy atom. The Labute approximate surface area is 106 Å². The molecule has 1 fully saturated rings. The Hall–Kier alpha value is -0.940. The van der Waals surface area contributed by atoms with Crippen LogP contribution >= 0.6 is 11.3 Å². The summed E-state index contributed by atoms with van der Waals surface area (Å²) in [5, 5.41) is 2.97. The number of nitrogens with zero attached hydrogens (tertiary/aromatic N) is 2. The number of aryl methyl sites for hydroxylation is 1. The van der Waals surface area contributed by atoms with Gasteiger partial charge in [0, 0.05) is 18.5 Å². The van der Waals surface area contributed by atoms with Crippen LogP contribution in [0, 0.1) is 6.92 Å². The van der Waals surface area contributed by atoms with Crippen LogP contribution in [0.25, 0.3) is 0 Å². The van der Waals surface area contributed by atoms with Crippen molar-refractivity contribution in [2.45, 2.75) is 39.4 Å². The number of rotatable bonds is 2. The van der Waals surface area contributed by atoms with Crippen LogP contribution in [-0.2, 0) is 16.0 Å². The molecule has 1 saturated heterocycles. The molecular formula is C12H18N2O2S. The van der Waals surface area contributed by atoms with Gasteiger partial charge in [0.25, 0.3) is 0 Å². The molecule has 1 amide bonds. The van der Waals surface area contributed by atoms with Gasteiger partial charge in [-0.2, -0.15) is 0 Å². The van der Waals surface area contributed by atoms with Gasteiger partial charge in [0.05, 0.1) is 29.3 Å². The van der Waals surface area contributed by atoms with Crippen LogP contribution < -0.4 is 0 Å². The minimum absolute atomic E-state index is 0.125. The smallest absolute Gasteiger partial charge is 0.228 e. The molecule has 5 heteroatoms. The molecular weight excluding hydrogens is 236 g/mol. The summed E-state index contributed by atoms with van der Waals surface area (Å²) in [4.78, 5) is 18.3. The average molecular weight is 254 g/mol. The van der Waals surface area contributed by atoms with Crippen LogP contribution in [0.15, 0.2) is 5.38 Å². The lowest BCUT2D eigenvalue weighted by Gasteiger charge is -2.35. The maximum atomic E-state index is 12.1. The fourth-order valence-electron chi connectivity index (χ4n) is 2.14. The summed E-state index contributed by atoms with van der Waals surface area (Å²) in [6.07, 6.45) is 0.656. The minimum atomic E-state index is 0.125. The Morgan fingerprint density at radius 1 is 1.53 bits per heavy atom. The van der Waals surface area contributed by atoms with Crippen molar-refractivity contribution in [1.82, 2.24) is 9.88 Å². The zero-order chi connectivity index (χ0) is 12.4. The highest BCUT2D eigenvalue weighted by molar-refractivity contribution is 7.09. The molecule has 2 atom stereocenters. The Kier molecular flexibility index (Phi) is 3.79. The fourth-order valence-corrected chi connectivity index (χ4v) is 2.75. The van der Waals surface area contributed by atoms with Gasteiger partial charge >= 0.3 is 0 Å². The van der Waals surface area contributed by atoms with Gasteiger partial charge < -0.3 is 9.64 Å². The third-order valence-electron chi connectivity index (χ3n) is 2.77. The van der Waals surface area contributed by atoms with E-state index >= 15 is 0 Å². The number of hydrogen-bond acceptors (Lipinski definition) is 4. The molecule has 1 aliphatic rings. The second kappa shape index (κ2) is 5.14. The van der Waals surface area contributed by atoms with Gasteiger partial charge in [0.15, 0.2) is 0 Å². The van der Waals surface area contributed by atoms with Crippen LogP contribution in [0.5, 0.6) is 0 Å². The van der Waals surface area contributed by atoms with Gasteiger partial charge in [0.2, 0.25) is 5.91 Å². The van der Waals surface area contributed by atoms with Crippen LogP contribution in [0.1, 0.15) is 24.5 Å². The van der Waals surface area contributed by atoms with Crippen LogP contribution in [0.3, 0.4) is 0 Å². The largest absolute Gasteiger partial charge is 0.372 e. The molecule has 1 aromatic rings. The number of carbonyl (C=O) groups excluding carboxylic acids is 1. The minimum Gasteiger partial charge on any atom is -0.372 e. The number of ether oxygens (including phenoxy) is 1. The van der Waals surface area contributed by atoms with Gasteiger partial charge in [-0.3, -0.25) is 4.79 Å². The van der Waals surface area contributed by atoms with Crippen molar-refractivity contribution < 1.29 is 9.53 Å². The molecule has 2 unspecified atom stereocenters.